The number of benzene rings is 2. The lowest BCUT2D eigenvalue weighted by atomic mass is 10.0. The Morgan fingerprint density at radius 3 is 2.38 bits per heavy atom. The molecular weight excluding hydrogens is 272 g/mol. The predicted octanol–water partition coefficient (Wildman–Crippen LogP) is 2.21. The largest absolute Gasteiger partial charge is 0.507 e. The number of hydrogen-bond donors (Lipinski definition) is 1. The Labute approximate surface area is 121 Å². The SMILES string of the molecule is COc1ccc(C(=O)c2ccc(OCC=O)cc2O)cc1. The lowest BCUT2D eigenvalue weighted by Crippen LogP contribution is -2.03. The molecule has 0 aliphatic carbocycles. The van der Waals surface area contributed by atoms with Gasteiger partial charge in [0.1, 0.15) is 23.9 Å². The van der Waals surface area contributed by atoms with Crippen LogP contribution in [0.1, 0.15) is 15.9 Å². The van der Waals surface area contributed by atoms with Crippen molar-refractivity contribution in [2.24, 2.45) is 0 Å². The van der Waals surface area contributed by atoms with Gasteiger partial charge in [0.25, 0.3) is 0 Å². The van der Waals surface area contributed by atoms with E-state index in [-0.39, 0.29) is 23.7 Å². The third-order valence-corrected chi connectivity index (χ3v) is 2.88. The van der Waals surface area contributed by atoms with Gasteiger partial charge in [-0.05, 0) is 36.4 Å². The first-order chi connectivity index (χ1) is 10.2. The second kappa shape index (κ2) is 6.56. The number of aldehydes is 1. The fraction of sp³-hybridized carbons (Fsp3) is 0.125. The summed E-state index contributed by atoms with van der Waals surface area (Å²) in [6.07, 6.45) is 0.605. The minimum atomic E-state index is -0.308. The molecule has 21 heavy (non-hydrogen) atoms. The molecule has 0 aliphatic rings. The summed E-state index contributed by atoms with van der Waals surface area (Å²) in [4.78, 5) is 22.5. The summed E-state index contributed by atoms with van der Waals surface area (Å²) in [5, 5.41) is 9.91. The van der Waals surface area contributed by atoms with Crippen molar-refractivity contribution in [3.05, 3.63) is 53.6 Å². The standard InChI is InChI=1S/C16H14O5/c1-20-12-4-2-11(3-5-12)16(19)14-7-6-13(10-15(14)18)21-9-8-17/h2-8,10,18H,9H2,1H3. The lowest BCUT2D eigenvalue weighted by Gasteiger charge is -2.07. The van der Waals surface area contributed by atoms with Gasteiger partial charge in [-0.15, -0.1) is 0 Å². The van der Waals surface area contributed by atoms with E-state index in [9.17, 15) is 14.7 Å². The molecule has 0 aliphatic heterocycles. The van der Waals surface area contributed by atoms with Crippen LogP contribution >= 0.6 is 0 Å². The number of rotatable bonds is 6. The van der Waals surface area contributed by atoms with Crippen LogP contribution in [0.5, 0.6) is 17.2 Å². The number of methoxy groups -OCH3 is 1. The maximum atomic E-state index is 12.3. The fourth-order valence-corrected chi connectivity index (χ4v) is 1.82. The number of ether oxygens (including phenoxy) is 2. The first kappa shape index (κ1) is 14.6. The van der Waals surface area contributed by atoms with Gasteiger partial charge in [0.2, 0.25) is 0 Å². The van der Waals surface area contributed by atoms with Crippen LogP contribution in [-0.4, -0.2) is 30.9 Å². The third kappa shape index (κ3) is 3.39. The highest BCUT2D eigenvalue weighted by Crippen LogP contribution is 2.26. The molecule has 0 saturated heterocycles. The van der Waals surface area contributed by atoms with E-state index in [0.717, 1.165) is 0 Å². The van der Waals surface area contributed by atoms with E-state index in [1.165, 1.54) is 18.2 Å². The zero-order valence-electron chi connectivity index (χ0n) is 11.4. The van der Waals surface area contributed by atoms with Crippen LogP contribution in [-0.2, 0) is 4.79 Å². The van der Waals surface area contributed by atoms with Crippen molar-refractivity contribution < 1.29 is 24.2 Å². The Morgan fingerprint density at radius 1 is 1.14 bits per heavy atom. The van der Waals surface area contributed by atoms with Gasteiger partial charge in [0.15, 0.2) is 12.1 Å². The maximum absolute atomic E-state index is 12.3. The van der Waals surface area contributed by atoms with Crippen molar-refractivity contribution in [3.8, 4) is 17.2 Å². The number of hydrogen-bond acceptors (Lipinski definition) is 5. The van der Waals surface area contributed by atoms with E-state index < -0.39 is 0 Å². The summed E-state index contributed by atoms with van der Waals surface area (Å²) in [6.45, 7) is -0.106. The quantitative estimate of drug-likeness (QED) is 0.651. The van der Waals surface area contributed by atoms with Crippen LogP contribution < -0.4 is 9.47 Å². The van der Waals surface area contributed by atoms with Gasteiger partial charge in [0.05, 0.1) is 12.7 Å². The Bertz CT molecular complexity index is 646. The highest BCUT2D eigenvalue weighted by Gasteiger charge is 2.14. The third-order valence-electron chi connectivity index (χ3n) is 2.88. The van der Waals surface area contributed by atoms with Crippen molar-refractivity contribution >= 4 is 12.1 Å². The Balaban J connectivity index is 2.23. The molecule has 2 aromatic carbocycles. The van der Waals surface area contributed by atoms with Crippen LogP contribution in [0.2, 0.25) is 0 Å². The van der Waals surface area contributed by atoms with E-state index in [4.69, 9.17) is 9.47 Å². The molecule has 0 aromatic heterocycles. The molecule has 0 atom stereocenters. The highest BCUT2D eigenvalue weighted by atomic mass is 16.5. The molecule has 2 rings (SSSR count). The summed E-state index contributed by atoms with van der Waals surface area (Å²) in [7, 11) is 1.54. The lowest BCUT2D eigenvalue weighted by molar-refractivity contribution is -0.109. The van der Waals surface area contributed by atoms with Crippen molar-refractivity contribution in [2.45, 2.75) is 0 Å². The summed E-state index contributed by atoms with van der Waals surface area (Å²) < 4.78 is 10.1. The van der Waals surface area contributed by atoms with E-state index >= 15 is 0 Å². The minimum Gasteiger partial charge on any atom is -0.507 e. The predicted molar refractivity (Wildman–Crippen MR) is 76.1 cm³/mol. The van der Waals surface area contributed by atoms with Gasteiger partial charge in [0, 0.05) is 11.6 Å². The number of ketones is 1. The van der Waals surface area contributed by atoms with Crippen LogP contribution in [0.4, 0.5) is 0 Å². The molecule has 0 spiro atoms. The van der Waals surface area contributed by atoms with Gasteiger partial charge < -0.3 is 14.6 Å². The second-order valence-corrected chi connectivity index (χ2v) is 4.21. The topological polar surface area (TPSA) is 72.8 Å². The van der Waals surface area contributed by atoms with E-state index in [1.54, 1.807) is 31.4 Å². The van der Waals surface area contributed by atoms with Gasteiger partial charge >= 0.3 is 0 Å². The first-order valence-corrected chi connectivity index (χ1v) is 6.24. The normalized spacial score (nSPS) is 9.95. The molecule has 0 amide bonds. The molecule has 2 aromatic rings. The number of phenolic OH excluding ortho intramolecular Hbond substituents is 1. The van der Waals surface area contributed by atoms with Crippen LogP contribution in [0, 0.1) is 0 Å². The first-order valence-electron chi connectivity index (χ1n) is 6.24. The number of carbonyl (C=O) groups is 2. The van der Waals surface area contributed by atoms with Gasteiger partial charge in [-0.2, -0.15) is 0 Å². The number of carbonyl (C=O) groups excluding carboxylic acids is 2. The second-order valence-electron chi connectivity index (χ2n) is 4.21. The molecule has 5 nitrogen and oxygen atoms in total. The number of aromatic hydroxyl groups is 1. The molecule has 0 bridgehead atoms. The zero-order chi connectivity index (χ0) is 15.2. The zero-order valence-corrected chi connectivity index (χ0v) is 11.4. The molecule has 108 valence electrons. The molecule has 0 unspecified atom stereocenters. The van der Waals surface area contributed by atoms with Gasteiger partial charge in [-0.1, -0.05) is 0 Å². The molecule has 0 fully saturated rings. The maximum Gasteiger partial charge on any atom is 0.196 e. The average Bonchev–Trinajstić information content (AvgIpc) is 2.52. The fourth-order valence-electron chi connectivity index (χ4n) is 1.82. The average molecular weight is 286 g/mol. The number of phenols is 1. The summed E-state index contributed by atoms with van der Waals surface area (Å²) in [5.41, 5.74) is 0.603. The van der Waals surface area contributed by atoms with Crippen molar-refractivity contribution in [2.75, 3.05) is 13.7 Å². The molecule has 0 heterocycles. The highest BCUT2D eigenvalue weighted by molar-refractivity contribution is 6.10. The van der Waals surface area contributed by atoms with Crippen molar-refractivity contribution in [3.63, 3.8) is 0 Å². The summed E-state index contributed by atoms with van der Waals surface area (Å²) >= 11 is 0. The molecule has 0 radical (unpaired) electrons. The molecular formula is C16H14O5. The Hall–Kier alpha value is -2.82. The van der Waals surface area contributed by atoms with Crippen LogP contribution in [0.25, 0.3) is 0 Å². The monoisotopic (exact) mass is 286 g/mol. The smallest absolute Gasteiger partial charge is 0.196 e. The molecule has 0 saturated carbocycles. The van der Waals surface area contributed by atoms with Crippen LogP contribution in [0.15, 0.2) is 42.5 Å². The van der Waals surface area contributed by atoms with Crippen LogP contribution in [0.3, 0.4) is 0 Å². The van der Waals surface area contributed by atoms with Crippen molar-refractivity contribution in [1.82, 2.24) is 0 Å². The van der Waals surface area contributed by atoms with Crippen molar-refractivity contribution in [1.29, 1.82) is 0 Å². The Morgan fingerprint density at radius 2 is 1.81 bits per heavy atom. The van der Waals surface area contributed by atoms with E-state index in [1.807, 2.05) is 0 Å². The Kier molecular flexibility index (Phi) is 4.56. The summed E-state index contributed by atoms with van der Waals surface area (Å²) in [6, 6.07) is 10.9. The molecule has 5 heteroatoms. The minimum absolute atomic E-state index is 0.106. The van der Waals surface area contributed by atoms with E-state index in [2.05, 4.69) is 0 Å². The van der Waals surface area contributed by atoms with Gasteiger partial charge in [-0.3, -0.25) is 9.59 Å². The summed E-state index contributed by atoms with van der Waals surface area (Å²) in [5.74, 6) is 0.468. The van der Waals surface area contributed by atoms with Gasteiger partial charge in [-0.25, -0.2) is 0 Å². The van der Waals surface area contributed by atoms with E-state index in [0.29, 0.717) is 23.3 Å². The molecule has 1 N–H and O–H groups in total.